The van der Waals surface area contributed by atoms with E-state index in [0.29, 0.717) is 5.15 Å². The predicted molar refractivity (Wildman–Crippen MR) is 51.5 cm³/mol. The van der Waals surface area contributed by atoms with Crippen molar-refractivity contribution >= 4 is 17.6 Å². The van der Waals surface area contributed by atoms with Crippen molar-refractivity contribution in [1.82, 2.24) is 9.78 Å². The number of aromatic nitrogens is 2. The molecule has 1 heterocycles. The van der Waals surface area contributed by atoms with Crippen LogP contribution in [-0.2, 0) is 24.2 Å². The fourth-order valence-electron chi connectivity index (χ4n) is 1.80. The van der Waals surface area contributed by atoms with Gasteiger partial charge in [-0.25, -0.2) is 4.68 Å². The van der Waals surface area contributed by atoms with Gasteiger partial charge in [-0.1, -0.05) is 11.6 Å². The van der Waals surface area contributed by atoms with E-state index in [2.05, 4.69) is 5.10 Å². The number of carbonyl (C=O) groups is 1. The van der Waals surface area contributed by atoms with E-state index in [0.717, 1.165) is 36.9 Å². The van der Waals surface area contributed by atoms with Crippen molar-refractivity contribution in [2.75, 3.05) is 0 Å². The van der Waals surface area contributed by atoms with E-state index in [1.165, 1.54) is 4.68 Å². The molecule has 0 unspecified atom stereocenters. The minimum absolute atomic E-state index is 0.147. The molecule has 2 rings (SSSR count). The molecule has 1 aliphatic carbocycles. The van der Waals surface area contributed by atoms with E-state index < -0.39 is 5.97 Å². The lowest BCUT2D eigenvalue weighted by molar-refractivity contribution is -0.137. The van der Waals surface area contributed by atoms with Crippen molar-refractivity contribution < 1.29 is 9.90 Å². The van der Waals surface area contributed by atoms with Crippen LogP contribution in [0.2, 0.25) is 5.15 Å². The second kappa shape index (κ2) is 3.61. The molecule has 0 saturated carbocycles. The zero-order chi connectivity index (χ0) is 10.1. The first-order valence-electron chi connectivity index (χ1n) is 4.64. The SMILES string of the molecule is O=C(O)Cn1nc2c(c1Cl)CCCC2. The molecule has 0 fully saturated rings. The molecule has 4 nitrogen and oxygen atoms in total. The summed E-state index contributed by atoms with van der Waals surface area (Å²) in [5.74, 6) is -0.910. The van der Waals surface area contributed by atoms with Crippen LogP contribution in [0.4, 0.5) is 0 Å². The van der Waals surface area contributed by atoms with Gasteiger partial charge in [0, 0.05) is 5.56 Å². The first kappa shape index (κ1) is 9.52. The summed E-state index contributed by atoms with van der Waals surface area (Å²) in [6.07, 6.45) is 4.08. The zero-order valence-corrected chi connectivity index (χ0v) is 8.42. The van der Waals surface area contributed by atoms with Crippen molar-refractivity contribution in [2.24, 2.45) is 0 Å². The highest BCUT2D eigenvalue weighted by molar-refractivity contribution is 6.30. The van der Waals surface area contributed by atoms with Crippen molar-refractivity contribution in [3.8, 4) is 0 Å². The number of nitrogens with zero attached hydrogens (tertiary/aromatic N) is 2. The summed E-state index contributed by atoms with van der Waals surface area (Å²) in [4.78, 5) is 10.5. The van der Waals surface area contributed by atoms with E-state index in [9.17, 15) is 4.79 Å². The Bertz CT molecular complexity index is 373. The smallest absolute Gasteiger partial charge is 0.325 e. The Morgan fingerprint density at radius 3 is 2.86 bits per heavy atom. The molecule has 0 amide bonds. The Kier molecular flexibility index (Phi) is 2.46. The summed E-state index contributed by atoms with van der Waals surface area (Å²) >= 11 is 6.02. The molecule has 0 aliphatic heterocycles. The quantitative estimate of drug-likeness (QED) is 0.812. The molecule has 0 atom stereocenters. The van der Waals surface area contributed by atoms with Crippen molar-refractivity contribution in [1.29, 1.82) is 0 Å². The maximum Gasteiger partial charge on any atom is 0.325 e. The van der Waals surface area contributed by atoms with Crippen LogP contribution < -0.4 is 0 Å². The van der Waals surface area contributed by atoms with Crippen LogP contribution in [0, 0.1) is 0 Å². The lowest BCUT2D eigenvalue weighted by Gasteiger charge is -2.07. The molecule has 1 aliphatic rings. The second-order valence-electron chi connectivity index (χ2n) is 3.47. The van der Waals surface area contributed by atoms with Gasteiger partial charge in [-0.15, -0.1) is 0 Å². The van der Waals surface area contributed by atoms with Crippen LogP contribution in [0.5, 0.6) is 0 Å². The van der Waals surface area contributed by atoms with Crippen molar-refractivity contribution in [2.45, 2.75) is 32.2 Å². The molecule has 76 valence electrons. The van der Waals surface area contributed by atoms with Gasteiger partial charge in [-0.3, -0.25) is 4.79 Å². The number of hydrogen-bond acceptors (Lipinski definition) is 2. The third kappa shape index (κ3) is 1.62. The molecule has 1 aromatic heterocycles. The Labute approximate surface area is 86.5 Å². The van der Waals surface area contributed by atoms with Crippen molar-refractivity contribution in [3.63, 3.8) is 0 Å². The summed E-state index contributed by atoms with van der Waals surface area (Å²) in [7, 11) is 0. The normalized spacial score (nSPS) is 15.2. The van der Waals surface area contributed by atoms with E-state index in [-0.39, 0.29) is 6.54 Å². The molecular weight excluding hydrogens is 204 g/mol. The number of carboxylic acids is 1. The van der Waals surface area contributed by atoms with Gasteiger partial charge in [0.15, 0.2) is 0 Å². The Morgan fingerprint density at radius 2 is 2.21 bits per heavy atom. The fourth-order valence-corrected chi connectivity index (χ4v) is 2.10. The van der Waals surface area contributed by atoms with Gasteiger partial charge in [0.05, 0.1) is 5.69 Å². The third-order valence-electron chi connectivity index (χ3n) is 2.44. The number of carboxylic acid groups (broad SMARTS) is 1. The first-order chi connectivity index (χ1) is 6.68. The summed E-state index contributed by atoms with van der Waals surface area (Å²) in [5.41, 5.74) is 2.02. The topological polar surface area (TPSA) is 55.1 Å². The largest absolute Gasteiger partial charge is 0.480 e. The fraction of sp³-hybridized carbons (Fsp3) is 0.556. The lowest BCUT2D eigenvalue weighted by atomic mass is 9.99. The number of rotatable bonds is 2. The molecule has 0 radical (unpaired) electrons. The predicted octanol–water partition coefficient (Wildman–Crippen LogP) is 1.50. The second-order valence-corrected chi connectivity index (χ2v) is 3.83. The van der Waals surface area contributed by atoms with Crippen LogP contribution in [0.15, 0.2) is 0 Å². The van der Waals surface area contributed by atoms with Crippen LogP contribution in [0.3, 0.4) is 0 Å². The molecular formula is C9H11ClN2O2. The van der Waals surface area contributed by atoms with E-state index in [1.807, 2.05) is 0 Å². The summed E-state index contributed by atoms with van der Waals surface area (Å²) in [6.45, 7) is -0.147. The number of fused-ring (bicyclic) bond motifs is 1. The van der Waals surface area contributed by atoms with E-state index in [4.69, 9.17) is 16.7 Å². The minimum atomic E-state index is -0.910. The van der Waals surface area contributed by atoms with Crippen LogP contribution in [-0.4, -0.2) is 20.9 Å². The molecule has 1 aromatic rings. The summed E-state index contributed by atoms with van der Waals surface area (Å²) < 4.78 is 1.37. The van der Waals surface area contributed by atoms with Crippen LogP contribution >= 0.6 is 11.6 Å². The highest BCUT2D eigenvalue weighted by Crippen LogP contribution is 2.27. The standard InChI is InChI=1S/C9H11ClN2O2/c10-9-6-3-1-2-4-7(6)11-12(9)5-8(13)14/h1-5H2,(H,13,14). The molecule has 0 aromatic carbocycles. The summed E-state index contributed by atoms with van der Waals surface area (Å²) in [6, 6.07) is 0. The Balaban J connectivity index is 2.33. The van der Waals surface area contributed by atoms with Crippen LogP contribution in [0.25, 0.3) is 0 Å². The minimum Gasteiger partial charge on any atom is -0.480 e. The van der Waals surface area contributed by atoms with Gasteiger partial charge < -0.3 is 5.11 Å². The van der Waals surface area contributed by atoms with Gasteiger partial charge in [-0.05, 0) is 25.7 Å². The zero-order valence-electron chi connectivity index (χ0n) is 7.66. The van der Waals surface area contributed by atoms with Gasteiger partial charge in [0.2, 0.25) is 0 Å². The molecule has 1 N–H and O–H groups in total. The van der Waals surface area contributed by atoms with Gasteiger partial charge in [-0.2, -0.15) is 5.10 Å². The van der Waals surface area contributed by atoms with Gasteiger partial charge in [0.1, 0.15) is 11.7 Å². The highest BCUT2D eigenvalue weighted by Gasteiger charge is 2.19. The van der Waals surface area contributed by atoms with Crippen LogP contribution in [0.1, 0.15) is 24.1 Å². The van der Waals surface area contributed by atoms with Gasteiger partial charge >= 0.3 is 5.97 Å². The number of aliphatic carboxylic acids is 1. The average molecular weight is 215 g/mol. The van der Waals surface area contributed by atoms with Gasteiger partial charge in [0.25, 0.3) is 0 Å². The Hall–Kier alpha value is -1.03. The van der Waals surface area contributed by atoms with E-state index >= 15 is 0 Å². The lowest BCUT2D eigenvalue weighted by Crippen LogP contribution is -2.10. The molecule has 14 heavy (non-hydrogen) atoms. The maximum absolute atomic E-state index is 10.5. The molecule has 0 spiro atoms. The number of halogens is 1. The number of aryl methyl sites for hydroxylation is 1. The Morgan fingerprint density at radius 1 is 1.50 bits per heavy atom. The third-order valence-corrected chi connectivity index (χ3v) is 2.86. The molecule has 0 bridgehead atoms. The maximum atomic E-state index is 10.5. The highest BCUT2D eigenvalue weighted by atomic mass is 35.5. The van der Waals surface area contributed by atoms with E-state index in [1.54, 1.807) is 0 Å². The summed E-state index contributed by atoms with van der Waals surface area (Å²) in [5, 5.41) is 13.3. The first-order valence-corrected chi connectivity index (χ1v) is 5.02. The average Bonchev–Trinajstić information content (AvgIpc) is 2.44. The van der Waals surface area contributed by atoms with Crippen molar-refractivity contribution in [3.05, 3.63) is 16.4 Å². The monoisotopic (exact) mass is 214 g/mol. The number of hydrogen-bond donors (Lipinski definition) is 1. The molecule has 0 saturated heterocycles. The molecule has 5 heteroatoms.